The number of hydrogen-bond acceptors (Lipinski definition) is 5. The summed E-state index contributed by atoms with van der Waals surface area (Å²) in [7, 11) is -3.19. The minimum atomic E-state index is -3.19. The molecule has 0 spiro atoms. The molecular weight excluding hydrogens is 366 g/mol. The zero-order chi connectivity index (χ0) is 18.0. The van der Waals surface area contributed by atoms with Crippen molar-refractivity contribution in [2.75, 3.05) is 18.8 Å². The summed E-state index contributed by atoms with van der Waals surface area (Å²) < 4.78 is 33.3. The topological polar surface area (TPSA) is 84.5 Å². The van der Waals surface area contributed by atoms with Gasteiger partial charge < -0.3 is 4.42 Å². The van der Waals surface area contributed by atoms with Crippen molar-refractivity contribution in [3.05, 3.63) is 33.8 Å². The van der Waals surface area contributed by atoms with Gasteiger partial charge in [0.05, 0.1) is 17.9 Å². The van der Waals surface area contributed by atoms with Crippen molar-refractivity contribution < 1.29 is 12.8 Å². The fourth-order valence-electron chi connectivity index (χ4n) is 3.15. The molecular formula is C16H22ClN3O4S. The number of benzene rings is 1. The van der Waals surface area contributed by atoms with E-state index in [2.05, 4.69) is 9.62 Å². The summed E-state index contributed by atoms with van der Waals surface area (Å²) in [4.78, 5) is 14.2. The molecule has 1 fully saturated rings. The van der Waals surface area contributed by atoms with Crippen LogP contribution in [0.4, 0.5) is 0 Å². The number of nitrogens with one attached hydrogen (secondary N) is 1. The van der Waals surface area contributed by atoms with Crippen molar-refractivity contribution in [3.63, 3.8) is 0 Å². The number of fused-ring (bicyclic) bond motifs is 1. The summed E-state index contributed by atoms with van der Waals surface area (Å²) in [6.07, 6.45) is 2.05. The van der Waals surface area contributed by atoms with Crippen LogP contribution >= 0.6 is 11.6 Å². The third kappa shape index (κ3) is 4.44. The molecule has 2 heterocycles. The normalized spacial score (nSPS) is 17.4. The molecule has 1 N–H and O–H groups in total. The maximum Gasteiger partial charge on any atom is 0.421 e. The molecule has 25 heavy (non-hydrogen) atoms. The van der Waals surface area contributed by atoms with Gasteiger partial charge in [-0.25, -0.2) is 17.9 Å². The summed E-state index contributed by atoms with van der Waals surface area (Å²) in [6.45, 7) is 3.70. The number of halogens is 1. The monoisotopic (exact) mass is 387 g/mol. The van der Waals surface area contributed by atoms with E-state index in [0.717, 1.165) is 12.8 Å². The highest BCUT2D eigenvalue weighted by atomic mass is 35.5. The van der Waals surface area contributed by atoms with E-state index in [9.17, 15) is 13.2 Å². The Morgan fingerprint density at radius 1 is 1.32 bits per heavy atom. The fraction of sp³-hybridized carbons (Fsp3) is 0.562. The van der Waals surface area contributed by atoms with Gasteiger partial charge >= 0.3 is 5.76 Å². The number of nitrogens with zero attached hydrogens (tertiary/aromatic N) is 2. The number of hydrogen-bond donors (Lipinski definition) is 1. The first-order chi connectivity index (χ1) is 11.9. The van der Waals surface area contributed by atoms with Crippen molar-refractivity contribution >= 4 is 32.7 Å². The summed E-state index contributed by atoms with van der Waals surface area (Å²) in [6, 6.07) is 5.09. The Morgan fingerprint density at radius 2 is 2.04 bits per heavy atom. The summed E-state index contributed by atoms with van der Waals surface area (Å²) in [5, 5.41) is 0.522. The molecule has 0 radical (unpaired) electrons. The van der Waals surface area contributed by atoms with Crippen LogP contribution in [0.5, 0.6) is 0 Å². The van der Waals surface area contributed by atoms with E-state index >= 15 is 0 Å². The molecule has 0 aliphatic carbocycles. The van der Waals surface area contributed by atoms with Gasteiger partial charge in [0.1, 0.15) is 0 Å². The molecule has 3 rings (SSSR count). The summed E-state index contributed by atoms with van der Waals surface area (Å²) in [5.74, 6) is -0.255. The zero-order valence-corrected chi connectivity index (χ0v) is 15.6. The lowest BCUT2D eigenvalue weighted by Gasteiger charge is -2.32. The second-order valence-corrected chi connectivity index (χ2v) is 8.69. The van der Waals surface area contributed by atoms with Crippen LogP contribution in [0.1, 0.15) is 26.2 Å². The quantitative estimate of drug-likeness (QED) is 0.819. The molecule has 0 atom stereocenters. The van der Waals surface area contributed by atoms with Crippen LogP contribution < -0.4 is 10.5 Å². The lowest BCUT2D eigenvalue weighted by molar-refractivity contribution is 0.163. The molecule has 0 amide bonds. The highest BCUT2D eigenvalue weighted by Gasteiger charge is 2.24. The van der Waals surface area contributed by atoms with Crippen molar-refractivity contribution in [2.24, 2.45) is 0 Å². The largest absolute Gasteiger partial charge is 0.421 e. The Morgan fingerprint density at radius 3 is 2.72 bits per heavy atom. The van der Waals surface area contributed by atoms with Gasteiger partial charge in [-0.2, -0.15) is 0 Å². The fourth-order valence-corrected chi connectivity index (χ4v) is 4.71. The molecule has 0 unspecified atom stereocenters. The SMILES string of the molecule is CCCS(=O)(=O)NC1CCN(Cn2c(=O)oc3cc(Cl)ccc32)CC1. The number of aromatic nitrogens is 1. The number of oxazole rings is 1. The molecule has 1 saturated heterocycles. The van der Waals surface area contributed by atoms with Crippen LogP contribution in [0.3, 0.4) is 0 Å². The number of sulfonamides is 1. The minimum Gasteiger partial charge on any atom is -0.408 e. The van der Waals surface area contributed by atoms with Gasteiger partial charge in [0.15, 0.2) is 5.58 Å². The maximum absolute atomic E-state index is 12.1. The Bertz CT molecular complexity index is 898. The first-order valence-electron chi connectivity index (χ1n) is 8.39. The van der Waals surface area contributed by atoms with Crippen molar-refractivity contribution in [3.8, 4) is 0 Å². The highest BCUT2D eigenvalue weighted by Crippen LogP contribution is 2.19. The lowest BCUT2D eigenvalue weighted by Crippen LogP contribution is -2.46. The maximum atomic E-state index is 12.1. The predicted octanol–water partition coefficient (Wildman–Crippen LogP) is 2.00. The van der Waals surface area contributed by atoms with E-state index in [1.54, 1.807) is 22.8 Å². The van der Waals surface area contributed by atoms with Crippen LogP contribution in [0, 0.1) is 0 Å². The lowest BCUT2D eigenvalue weighted by atomic mass is 10.1. The molecule has 7 nitrogen and oxygen atoms in total. The Kier molecular flexibility index (Phi) is 5.52. The van der Waals surface area contributed by atoms with Gasteiger partial charge in [-0.3, -0.25) is 9.47 Å². The highest BCUT2D eigenvalue weighted by molar-refractivity contribution is 7.89. The van der Waals surface area contributed by atoms with Crippen molar-refractivity contribution in [1.29, 1.82) is 0 Å². The summed E-state index contributed by atoms with van der Waals surface area (Å²) >= 11 is 5.93. The van der Waals surface area contributed by atoms with Crippen LogP contribution in [0.25, 0.3) is 11.1 Å². The van der Waals surface area contributed by atoms with Crippen LogP contribution in [0.15, 0.2) is 27.4 Å². The zero-order valence-electron chi connectivity index (χ0n) is 14.1. The van der Waals surface area contributed by atoms with E-state index in [4.69, 9.17) is 16.0 Å². The van der Waals surface area contributed by atoms with Gasteiger partial charge in [0.25, 0.3) is 0 Å². The van der Waals surface area contributed by atoms with Crippen molar-refractivity contribution in [1.82, 2.24) is 14.2 Å². The molecule has 2 aromatic rings. The first-order valence-corrected chi connectivity index (χ1v) is 10.4. The van der Waals surface area contributed by atoms with E-state index in [1.807, 2.05) is 6.92 Å². The molecule has 1 aromatic carbocycles. The van der Waals surface area contributed by atoms with E-state index in [0.29, 0.717) is 42.3 Å². The van der Waals surface area contributed by atoms with E-state index < -0.39 is 15.8 Å². The van der Waals surface area contributed by atoms with Gasteiger partial charge in [-0.1, -0.05) is 18.5 Å². The Labute approximate surface area is 151 Å². The van der Waals surface area contributed by atoms with Gasteiger partial charge in [-0.15, -0.1) is 0 Å². The molecule has 1 aromatic heterocycles. The third-order valence-corrected chi connectivity index (χ3v) is 6.25. The minimum absolute atomic E-state index is 0.0376. The second-order valence-electron chi connectivity index (χ2n) is 6.38. The Balaban J connectivity index is 1.63. The average Bonchev–Trinajstić information content (AvgIpc) is 2.83. The molecule has 0 saturated carbocycles. The molecule has 0 bridgehead atoms. The Hall–Kier alpha value is -1.35. The molecule has 9 heteroatoms. The molecule has 138 valence electrons. The molecule has 1 aliphatic heterocycles. The standard InChI is InChI=1S/C16H22ClN3O4S/c1-2-9-25(22,23)18-13-5-7-19(8-6-13)11-20-14-4-3-12(17)10-15(14)24-16(20)21/h3-4,10,13,18H,2,5-9,11H2,1H3. The van der Waals surface area contributed by atoms with E-state index in [-0.39, 0.29) is 11.8 Å². The molecule has 1 aliphatic rings. The summed E-state index contributed by atoms with van der Waals surface area (Å²) in [5.41, 5.74) is 1.18. The van der Waals surface area contributed by atoms with E-state index in [1.165, 1.54) is 0 Å². The van der Waals surface area contributed by atoms with Crippen LogP contribution in [-0.4, -0.2) is 42.8 Å². The van der Waals surface area contributed by atoms with Crippen LogP contribution in [0.2, 0.25) is 5.02 Å². The third-order valence-electron chi connectivity index (χ3n) is 4.38. The first kappa shape index (κ1) is 18.4. The van der Waals surface area contributed by atoms with Crippen molar-refractivity contribution in [2.45, 2.75) is 38.9 Å². The van der Waals surface area contributed by atoms with Gasteiger partial charge in [-0.05, 0) is 31.4 Å². The average molecular weight is 388 g/mol. The number of piperidine rings is 1. The smallest absolute Gasteiger partial charge is 0.408 e. The van der Waals surface area contributed by atoms with Crippen LogP contribution in [-0.2, 0) is 16.7 Å². The number of rotatable bonds is 6. The second kappa shape index (κ2) is 7.49. The van der Waals surface area contributed by atoms with Gasteiger partial charge in [0.2, 0.25) is 10.0 Å². The number of likely N-dealkylation sites (tertiary alicyclic amines) is 1. The van der Waals surface area contributed by atoms with Gasteiger partial charge in [0, 0.05) is 30.2 Å². The predicted molar refractivity (Wildman–Crippen MR) is 97.3 cm³/mol.